The van der Waals surface area contributed by atoms with Crippen LogP contribution in [0.2, 0.25) is 0 Å². The lowest BCUT2D eigenvalue weighted by molar-refractivity contribution is -0.116. The van der Waals surface area contributed by atoms with Gasteiger partial charge in [-0.05, 0) is 29.8 Å². The van der Waals surface area contributed by atoms with E-state index in [0.717, 1.165) is 11.3 Å². The maximum atomic E-state index is 12.2. The van der Waals surface area contributed by atoms with Gasteiger partial charge in [-0.3, -0.25) is 9.59 Å². The molecule has 130 valence electrons. The van der Waals surface area contributed by atoms with Crippen molar-refractivity contribution in [2.24, 2.45) is 0 Å². The maximum Gasteiger partial charge on any atom is 0.228 e. The van der Waals surface area contributed by atoms with Crippen molar-refractivity contribution in [2.75, 3.05) is 30.5 Å². The monoisotopic (exact) mass is 340 g/mol. The van der Waals surface area contributed by atoms with Crippen LogP contribution in [0, 0.1) is 0 Å². The Morgan fingerprint density at radius 2 is 1.72 bits per heavy atom. The Labute approximate surface area is 146 Å². The minimum absolute atomic E-state index is 0.0379. The summed E-state index contributed by atoms with van der Waals surface area (Å²) in [5.41, 5.74) is 2.33. The quantitative estimate of drug-likeness (QED) is 0.929. The van der Waals surface area contributed by atoms with Crippen molar-refractivity contribution in [3.05, 3.63) is 48.0 Å². The standard InChI is InChI=1S/C19H20N2O4/c1-13(22)21(2)16-6-3-14(4-7-16)11-19(23)20-15-5-8-17-18(12-15)25-10-9-24-17/h3-8,12H,9-11H2,1-2H3,(H,20,23). The molecule has 1 heterocycles. The summed E-state index contributed by atoms with van der Waals surface area (Å²) < 4.78 is 11.0. The minimum Gasteiger partial charge on any atom is -0.486 e. The van der Waals surface area contributed by atoms with Gasteiger partial charge >= 0.3 is 0 Å². The van der Waals surface area contributed by atoms with Crippen molar-refractivity contribution < 1.29 is 19.1 Å². The molecule has 0 saturated heterocycles. The van der Waals surface area contributed by atoms with E-state index in [9.17, 15) is 9.59 Å². The van der Waals surface area contributed by atoms with Gasteiger partial charge in [0, 0.05) is 31.4 Å². The Morgan fingerprint density at radius 1 is 1.04 bits per heavy atom. The van der Waals surface area contributed by atoms with Crippen LogP contribution < -0.4 is 19.7 Å². The molecule has 1 N–H and O–H groups in total. The molecule has 25 heavy (non-hydrogen) atoms. The zero-order valence-corrected chi connectivity index (χ0v) is 14.2. The topological polar surface area (TPSA) is 67.9 Å². The number of ether oxygens (including phenoxy) is 2. The molecule has 2 aromatic carbocycles. The van der Waals surface area contributed by atoms with E-state index in [-0.39, 0.29) is 18.2 Å². The number of fused-ring (bicyclic) bond motifs is 1. The Balaban J connectivity index is 1.62. The number of nitrogens with one attached hydrogen (secondary N) is 1. The molecule has 2 aromatic rings. The summed E-state index contributed by atoms with van der Waals surface area (Å²) >= 11 is 0. The molecule has 0 bridgehead atoms. The van der Waals surface area contributed by atoms with Crippen molar-refractivity contribution in [3.8, 4) is 11.5 Å². The number of rotatable bonds is 4. The van der Waals surface area contributed by atoms with Crippen LogP contribution in [0.3, 0.4) is 0 Å². The number of amides is 2. The van der Waals surface area contributed by atoms with Gasteiger partial charge in [0.15, 0.2) is 11.5 Å². The molecule has 2 amide bonds. The van der Waals surface area contributed by atoms with Crippen LogP contribution in [-0.4, -0.2) is 32.1 Å². The summed E-state index contributed by atoms with van der Waals surface area (Å²) in [7, 11) is 1.71. The molecule has 0 unspecified atom stereocenters. The zero-order chi connectivity index (χ0) is 17.8. The van der Waals surface area contributed by atoms with Crippen LogP contribution in [0.1, 0.15) is 12.5 Å². The average molecular weight is 340 g/mol. The van der Waals surface area contributed by atoms with Gasteiger partial charge in [-0.1, -0.05) is 12.1 Å². The van der Waals surface area contributed by atoms with Crippen molar-refractivity contribution in [2.45, 2.75) is 13.3 Å². The zero-order valence-electron chi connectivity index (χ0n) is 14.2. The Morgan fingerprint density at radius 3 is 2.40 bits per heavy atom. The van der Waals surface area contributed by atoms with E-state index < -0.39 is 0 Å². The highest BCUT2D eigenvalue weighted by atomic mass is 16.6. The maximum absolute atomic E-state index is 12.2. The van der Waals surface area contributed by atoms with Gasteiger partial charge in [0.25, 0.3) is 0 Å². The molecule has 1 aliphatic rings. The third kappa shape index (κ3) is 4.09. The molecule has 6 nitrogen and oxygen atoms in total. The third-order valence-electron chi connectivity index (χ3n) is 3.99. The Bertz CT molecular complexity index is 787. The molecular formula is C19H20N2O4. The van der Waals surface area contributed by atoms with Gasteiger partial charge in [0.05, 0.1) is 6.42 Å². The molecule has 0 saturated carbocycles. The van der Waals surface area contributed by atoms with E-state index in [2.05, 4.69) is 5.32 Å². The van der Waals surface area contributed by atoms with Crippen LogP contribution in [0.5, 0.6) is 11.5 Å². The first kappa shape index (κ1) is 16.8. The number of hydrogen-bond donors (Lipinski definition) is 1. The minimum atomic E-state index is -0.121. The molecule has 0 aromatic heterocycles. The first-order valence-corrected chi connectivity index (χ1v) is 8.05. The molecule has 1 aliphatic heterocycles. The number of benzene rings is 2. The van der Waals surface area contributed by atoms with Gasteiger partial charge < -0.3 is 19.7 Å². The number of carbonyl (C=O) groups excluding carboxylic acids is 2. The van der Waals surface area contributed by atoms with E-state index in [1.165, 1.54) is 6.92 Å². The molecule has 3 rings (SSSR count). The lowest BCUT2D eigenvalue weighted by Gasteiger charge is -2.19. The highest BCUT2D eigenvalue weighted by Crippen LogP contribution is 2.32. The molecule has 0 radical (unpaired) electrons. The van der Waals surface area contributed by atoms with Gasteiger partial charge in [-0.2, -0.15) is 0 Å². The van der Waals surface area contributed by atoms with Crippen molar-refractivity contribution >= 4 is 23.2 Å². The summed E-state index contributed by atoms with van der Waals surface area (Å²) in [6.07, 6.45) is 0.249. The first-order valence-electron chi connectivity index (χ1n) is 8.05. The van der Waals surface area contributed by atoms with Crippen molar-refractivity contribution in [1.29, 1.82) is 0 Å². The predicted octanol–water partition coefficient (Wildman–Crippen LogP) is 2.62. The SMILES string of the molecule is CC(=O)N(C)c1ccc(CC(=O)Nc2ccc3c(c2)OCCO3)cc1. The fourth-order valence-electron chi connectivity index (χ4n) is 2.53. The van der Waals surface area contributed by atoms with Gasteiger partial charge in [-0.25, -0.2) is 0 Å². The van der Waals surface area contributed by atoms with Crippen LogP contribution in [-0.2, 0) is 16.0 Å². The summed E-state index contributed by atoms with van der Waals surface area (Å²) in [6.45, 7) is 2.55. The molecule has 0 atom stereocenters. The van der Waals surface area contributed by atoms with Gasteiger partial charge in [0.1, 0.15) is 13.2 Å². The predicted molar refractivity (Wildman–Crippen MR) is 95.3 cm³/mol. The summed E-state index contributed by atoms with van der Waals surface area (Å²) in [5, 5.41) is 2.86. The normalized spacial score (nSPS) is 12.4. The number of carbonyl (C=O) groups is 2. The van der Waals surface area contributed by atoms with Crippen molar-refractivity contribution in [3.63, 3.8) is 0 Å². The van der Waals surface area contributed by atoms with Crippen LogP contribution in [0.25, 0.3) is 0 Å². The number of hydrogen-bond acceptors (Lipinski definition) is 4. The second-order valence-electron chi connectivity index (χ2n) is 5.83. The number of nitrogens with zero attached hydrogens (tertiary/aromatic N) is 1. The van der Waals surface area contributed by atoms with E-state index >= 15 is 0 Å². The second-order valence-corrected chi connectivity index (χ2v) is 5.83. The summed E-state index contributed by atoms with van der Waals surface area (Å²) in [5.74, 6) is 1.17. The lowest BCUT2D eigenvalue weighted by atomic mass is 10.1. The molecule has 0 spiro atoms. The second kappa shape index (κ2) is 7.25. The Hall–Kier alpha value is -3.02. The largest absolute Gasteiger partial charge is 0.486 e. The fraction of sp³-hybridized carbons (Fsp3) is 0.263. The van der Waals surface area contributed by atoms with Gasteiger partial charge in [0.2, 0.25) is 11.8 Å². The number of anilines is 2. The van der Waals surface area contributed by atoms with Gasteiger partial charge in [-0.15, -0.1) is 0 Å². The highest BCUT2D eigenvalue weighted by Gasteiger charge is 2.13. The Kier molecular flexibility index (Phi) is 4.88. The average Bonchev–Trinajstić information content (AvgIpc) is 2.61. The van der Waals surface area contributed by atoms with Crippen LogP contribution in [0.4, 0.5) is 11.4 Å². The van der Waals surface area contributed by atoms with E-state index in [4.69, 9.17) is 9.47 Å². The molecule has 0 aliphatic carbocycles. The smallest absolute Gasteiger partial charge is 0.228 e. The van der Waals surface area contributed by atoms with E-state index in [1.807, 2.05) is 24.3 Å². The molecular weight excluding hydrogens is 320 g/mol. The molecule has 0 fully saturated rings. The van der Waals surface area contributed by atoms with E-state index in [1.54, 1.807) is 30.1 Å². The van der Waals surface area contributed by atoms with Crippen LogP contribution in [0.15, 0.2) is 42.5 Å². The summed E-state index contributed by atoms with van der Waals surface area (Å²) in [6, 6.07) is 12.7. The fourth-order valence-corrected chi connectivity index (χ4v) is 2.53. The highest BCUT2D eigenvalue weighted by molar-refractivity contribution is 5.93. The van der Waals surface area contributed by atoms with Crippen LogP contribution >= 0.6 is 0 Å². The lowest BCUT2D eigenvalue weighted by Crippen LogP contribution is -2.22. The molecule has 6 heteroatoms. The van der Waals surface area contributed by atoms with Crippen molar-refractivity contribution in [1.82, 2.24) is 0 Å². The van der Waals surface area contributed by atoms with E-state index in [0.29, 0.717) is 30.4 Å². The first-order chi connectivity index (χ1) is 12.0. The third-order valence-corrected chi connectivity index (χ3v) is 3.99. The summed E-state index contributed by atoms with van der Waals surface area (Å²) in [4.78, 5) is 25.1.